The van der Waals surface area contributed by atoms with E-state index in [4.69, 9.17) is 37.9 Å². The Bertz CT molecular complexity index is 1580. The third-order valence-corrected chi connectivity index (χ3v) is 15.4. The number of rotatable bonds is 4. The molecule has 19 atom stereocenters. The number of sulfone groups is 1. The van der Waals surface area contributed by atoms with Gasteiger partial charge in [-0.1, -0.05) is 27.0 Å². The molecule has 54 heavy (non-hydrogen) atoms. The molecule has 1 spiro atoms. The van der Waals surface area contributed by atoms with E-state index in [1.54, 1.807) is 0 Å². The highest BCUT2D eigenvalue weighted by atomic mass is 32.2. The fraction of sp³-hybridized carbons (Fsp3) is 0.878. The molecule has 10 heterocycles. The SMILES string of the molecule is C=C1C[C@@H]2CC[C@@]34CC5O[C@H]6[C@@H](O3)[C@H]3O[C@H](CC[C@@H]3O[C@H]6[C@H]5O4)CC(=O)C[C@@H]3[C@@H](C)[C@@H](C[C@H](O)CS(C)(=O)=O)O[C@H]3CC3O[C@@H](CCC1O2)C[C@@H](C)C3=C. The van der Waals surface area contributed by atoms with E-state index >= 15 is 0 Å². The zero-order valence-electron chi connectivity index (χ0n) is 32.1. The zero-order valence-corrected chi connectivity index (χ0v) is 32.9. The lowest BCUT2D eigenvalue weighted by Crippen LogP contribution is -2.61. The molecule has 0 aromatic carbocycles. The van der Waals surface area contributed by atoms with Gasteiger partial charge in [0.1, 0.15) is 46.1 Å². The van der Waals surface area contributed by atoms with Crippen LogP contribution in [0.25, 0.3) is 0 Å². The lowest BCUT2D eigenvalue weighted by atomic mass is 9.79. The van der Waals surface area contributed by atoms with Gasteiger partial charge in [0, 0.05) is 44.8 Å². The summed E-state index contributed by atoms with van der Waals surface area (Å²) in [7, 11) is -3.38. The van der Waals surface area contributed by atoms with Crippen LogP contribution < -0.4 is 0 Å². The Hall–Kier alpha value is -1.26. The van der Waals surface area contributed by atoms with Crippen LogP contribution in [0.5, 0.6) is 0 Å². The summed E-state index contributed by atoms with van der Waals surface area (Å²) < 4.78 is 77.9. The van der Waals surface area contributed by atoms with Crippen molar-refractivity contribution in [3.05, 3.63) is 24.3 Å². The second-order valence-electron chi connectivity index (χ2n) is 18.4. The van der Waals surface area contributed by atoms with Crippen molar-refractivity contribution in [3.63, 3.8) is 0 Å². The summed E-state index contributed by atoms with van der Waals surface area (Å²) in [5.41, 5.74) is 2.16. The van der Waals surface area contributed by atoms with Crippen LogP contribution in [0.15, 0.2) is 24.3 Å². The molecule has 10 aliphatic rings. The number of carbonyl (C=O) groups is 1. The van der Waals surface area contributed by atoms with Crippen molar-refractivity contribution in [2.75, 3.05) is 12.0 Å². The van der Waals surface area contributed by atoms with Crippen molar-refractivity contribution in [3.8, 4) is 0 Å². The predicted molar refractivity (Wildman–Crippen MR) is 195 cm³/mol. The van der Waals surface area contributed by atoms with Gasteiger partial charge >= 0.3 is 0 Å². The van der Waals surface area contributed by atoms with E-state index in [0.29, 0.717) is 32.1 Å². The Morgan fingerprint density at radius 1 is 0.759 bits per heavy atom. The molecule has 10 fully saturated rings. The van der Waals surface area contributed by atoms with Gasteiger partial charge in [0.2, 0.25) is 0 Å². The first-order valence-electron chi connectivity index (χ1n) is 20.7. The third-order valence-electron chi connectivity index (χ3n) is 14.4. The maximum Gasteiger partial charge on any atom is 0.172 e. The van der Waals surface area contributed by atoms with Crippen molar-refractivity contribution in [1.82, 2.24) is 0 Å². The number of fused-ring (bicyclic) bond motifs is 6. The van der Waals surface area contributed by atoms with Gasteiger partial charge in [-0.3, -0.25) is 4.79 Å². The molecule has 0 saturated carbocycles. The van der Waals surface area contributed by atoms with Crippen LogP contribution in [-0.2, 0) is 52.5 Å². The van der Waals surface area contributed by atoms with E-state index in [2.05, 4.69) is 27.0 Å². The number of hydrogen-bond donors (Lipinski definition) is 1. The topological polar surface area (TPSA) is 145 Å². The molecule has 0 radical (unpaired) electrons. The van der Waals surface area contributed by atoms with Crippen LogP contribution in [0, 0.1) is 17.8 Å². The molecule has 12 nitrogen and oxygen atoms in total. The molecule has 10 saturated heterocycles. The minimum Gasteiger partial charge on any atom is -0.392 e. The van der Waals surface area contributed by atoms with E-state index in [1.165, 1.54) is 0 Å². The van der Waals surface area contributed by atoms with Crippen LogP contribution >= 0.6 is 0 Å². The lowest BCUT2D eigenvalue weighted by molar-refractivity contribution is -0.292. The summed E-state index contributed by atoms with van der Waals surface area (Å²) >= 11 is 0. The highest BCUT2D eigenvalue weighted by molar-refractivity contribution is 7.90. The third kappa shape index (κ3) is 7.34. The molecule has 302 valence electrons. The van der Waals surface area contributed by atoms with Crippen molar-refractivity contribution >= 4 is 15.6 Å². The standard InChI is InChI=1S/C41H60O12S/c1-20-12-26-6-8-30-21(2)13-28(46-30)10-11-41-18-35-37(52-41)38-39(51-35)40(53-41)36-31(50-38)9-7-27(48-36)14-24(42)15-29-23(4)32(16-25(43)19-54(5,44)45)49-34(29)17-33(47-26)22(20)3/h20,23,25-40,43H,2-3,6-19H2,1,4-5H3/t20-,23-,25+,26+,27-,28+,29-,30?,31+,32-,33?,34+,35?,36+,37+,38+,39-,40+,41+/m1/s1. The first-order valence-corrected chi connectivity index (χ1v) is 22.8. The highest BCUT2D eigenvalue weighted by Gasteiger charge is 2.68. The number of ketones is 1. The minimum absolute atomic E-state index is 0.0190. The number of aliphatic hydroxyl groups excluding tert-OH is 1. The highest BCUT2D eigenvalue weighted by Crippen LogP contribution is 2.54. The molecule has 13 heteroatoms. The maximum absolute atomic E-state index is 14.1. The number of aliphatic hydroxyl groups is 1. The Labute approximate surface area is 319 Å². The second kappa shape index (κ2) is 14.5. The smallest absolute Gasteiger partial charge is 0.172 e. The first-order chi connectivity index (χ1) is 25.7. The first kappa shape index (κ1) is 38.3. The average molecular weight is 777 g/mol. The summed E-state index contributed by atoms with van der Waals surface area (Å²) in [6, 6.07) is 0. The lowest BCUT2D eigenvalue weighted by Gasteiger charge is -2.47. The molecule has 1 N–H and O–H groups in total. The quantitative estimate of drug-likeness (QED) is 0.410. The van der Waals surface area contributed by atoms with Crippen molar-refractivity contribution in [2.45, 2.75) is 195 Å². The van der Waals surface area contributed by atoms with Crippen LogP contribution in [0.2, 0.25) is 0 Å². The summed E-state index contributed by atoms with van der Waals surface area (Å²) in [6.45, 7) is 13.1. The molecule has 10 aliphatic heterocycles. The minimum atomic E-state index is -3.38. The van der Waals surface area contributed by atoms with Gasteiger partial charge in [0.05, 0.1) is 66.8 Å². The summed E-state index contributed by atoms with van der Waals surface area (Å²) in [5, 5.41) is 10.8. The fourth-order valence-electron chi connectivity index (χ4n) is 11.6. The van der Waals surface area contributed by atoms with Crippen LogP contribution in [0.4, 0.5) is 0 Å². The molecule has 3 unspecified atom stereocenters. The predicted octanol–water partition coefficient (Wildman–Crippen LogP) is 4.15. The van der Waals surface area contributed by atoms with Crippen molar-refractivity contribution in [1.29, 1.82) is 0 Å². The molecule has 10 rings (SSSR count). The van der Waals surface area contributed by atoms with E-state index in [9.17, 15) is 18.3 Å². The largest absolute Gasteiger partial charge is 0.392 e. The zero-order chi connectivity index (χ0) is 37.7. The Balaban J connectivity index is 0.979. The molecule has 0 aromatic rings. The van der Waals surface area contributed by atoms with E-state index in [0.717, 1.165) is 55.9 Å². The van der Waals surface area contributed by atoms with Crippen LogP contribution in [0.1, 0.15) is 97.3 Å². The molecular weight excluding hydrogens is 717 g/mol. The number of carbonyl (C=O) groups excluding carboxylic acids is 1. The van der Waals surface area contributed by atoms with Crippen LogP contribution in [-0.4, -0.2) is 129 Å². The molecular formula is C41H60O12S. The second-order valence-corrected chi connectivity index (χ2v) is 20.6. The number of Topliss-reactive ketones (excluding diaryl/α,β-unsaturated/α-hetero) is 1. The van der Waals surface area contributed by atoms with E-state index in [1.807, 2.05) is 0 Å². The molecule has 0 aliphatic carbocycles. The number of hydrogen-bond acceptors (Lipinski definition) is 12. The fourth-order valence-corrected chi connectivity index (χ4v) is 12.4. The van der Waals surface area contributed by atoms with Gasteiger partial charge in [-0.25, -0.2) is 8.42 Å². The van der Waals surface area contributed by atoms with Gasteiger partial charge in [-0.2, -0.15) is 0 Å². The summed E-state index contributed by atoms with van der Waals surface area (Å²) in [4.78, 5) is 14.1. The maximum atomic E-state index is 14.1. The van der Waals surface area contributed by atoms with Crippen LogP contribution in [0.3, 0.4) is 0 Å². The van der Waals surface area contributed by atoms with E-state index in [-0.39, 0.29) is 121 Å². The molecule has 0 aromatic heterocycles. The Kier molecular flexibility index (Phi) is 10.3. The van der Waals surface area contributed by atoms with Crippen molar-refractivity contribution in [2.24, 2.45) is 17.8 Å². The number of ether oxygens (including phenoxy) is 8. The van der Waals surface area contributed by atoms with Gasteiger partial charge < -0.3 is 43.0 Å². The normalized spacial score (nSPS) is 51.2. The Morgan fingerprint density at radius 2 is 1.48 bits per heavy atom. The van der Waals surface area contributed by atoms with Gasteiger partial charge in [0.15, 0.2) is 5.79 Å². The summed E-state index contributed by atoms with van der Waals surface area (Å²) in [6.07, 6.45) is 5.48. The average Bonchev–Trinajstić information content (AvgIpc) is 3.76. The monoisotopic (exact) mass is 776 g/mol. The van der Waals surface area contributed by atoms with Gasteiger partial charge in [0.25, 0.3) is 0 Å². The van der Waals surface area contributed by atoms with Gasteiger partial charge in [-0.05, 0) is 73.8 Å². The van der Waals surface area contributed by atoms with E-state index < -0.39 is 27.8 Å². The van der Waals surface area contributed by atoms with Crippen molar-refractivity contribution < 1.29 is 56.2 Å². The van der Waals surface area contributed by atoms with Gasteiger partial charge in [-0.15, -0.1) is 0 Å². The molecule has 0 amide bonds. The molecule has 12 bridgehead atoms. The summed E-state index contributed by atoms with van der Waals surface area (Å²) in [5.74, 6) is -0.995. The Morgan fingerprint density at radius 3 is 2.30 bits per heavy atom.